The van der Waals surface area contributed by atoms with Gasteiger partial charge in [-0.05, 0) is 6.07 Å². The van der Waals surface area contributed by atoms with Crippen LogP contribution in [0.3, 0.4) is 0 Å². The molecule has 0 atom stereocenters. The molecular weight excluding hydrogens is 310 g/mol. The van der Waals surface area contributed by atoms with E-state index in [4.69, 9.17) is 5.26 Å². The number of carbonyl (C=O) groups excluding carboxylic acids is 1. The lowest BCUT2D eigenvalue weighted by molar-refractivity contribution is -0.139. The summed E-state index contributed by atoms with van der Waals surface area (Å²) in [6.07, 6.45) is -2.97. The van der Waals surface area contributed by atoms with Crippen LogP contribution in [0.2, 0.25) is 0 Å². The van der Waals surface area contributed by atoms with Crippen molar-refractivity contribution in [3.05, 3.63) is 28.6 Å². The number of halogens is 3. The highest BCUT2D eigenvalue weighted by Crippen LogP contribution is 2.26. The molecule has 0 spiro atoms. The number of carbonyl (C=O) groups is 1. The molecule has 0 saturated carbocycles. The molecule has 0 saturated heterocycles. The molecule has 0 aliphatic heterocycles. The summed E-state index contributed by atoms with van der Waals surface area (Å²) in [6.45, 7) is 0. The molecule has 0 bridgehead atoms. The summed E-state index contributed by atoms with van der Waals surface area (Å²) in [5.41, 5.74) is -0.0939. The summed E-state index contributed by atoms with van der Waals surface area (Å²) in [5, 5.41) is 9.00. The van der Waals surface area contributed by atoms with E-state index in [-0.39, 0.29) is 34.3 Å². The summed E-state index contributed by atoms with van der Waals surface area (Å²) < 4.78 is 30.0. The Morgan fingerprint density at radius 2 is 2.33 bits per heavy atom. The molecule has 0 N–H and O–H groups in total. The molecule has 7 heteroatoms. The second-order valence-electron chi connectivity index (χ2n) is 3.33. The molecule has 0 aliphatic carbocycles. The zero-order valence-corrected chi connectivity index (χ0v) is 11.0. The minimum atomic E-state index is -2.71. The van der Waals surface area contributed by atoms with Crippen LogP contribution in [0, 0.1) is 11.3 Å². The third-order valence-corrected chi connectivity index (χ3v) is 2.78. The van der Waals surface area contributed by atoms with Crippen LogP contribution < -0.4 is 0 Å². The number of aromatic nitrogens is 1. The van der Waals surface area contributed by atoms with Gasteiger partial charge in [0.05, 0.1) is 19.2 Å². The zero-order valence-electron chi connectivity index (χ0n) is 9.41. The van der Waals surface area contributed by atoms with Crippen LogP contribution in [0.25, 0.3) is 0 Å². The van der Waals surface area contributed by atoms with Gasteiger partial charge >= 0.3 is 5.97 Å². The van der Waals surface area contributed by atoms with Crippen LogP contribution in [-0.4, -0.2) is 18.1 Å². The van der Waals surface area contributed by atoms with Crippen molar-refractivity contribution in [2.75, 3.05) is 7.11 Å². The van der Waals surface area contributed by atoms with Crippen LogP contribution in [0.1, 0.15) is 28.9 Å². The van der Waals surface area contributed by atoms with Gasteiger partial charge < -0.3 is 4.74 Å². The summed E-state index contributed by atoms with van der Waals surface area (Å²) >= 11 is 3.03. The van der Waals surface area contributed by atoms with Gasteiger partial charge in [0.15, 0.2) is 0 Å². The Bertz CT molecular complexity index is 501. The molecule has 0 amide bonds. The van der Waals surface area contributed by atoms with Crippen molar-refractivity contribution in [3.63, 3.8) is 0 Å². The fourth-order valence-electron chi connectivity index (χ4n) is 1.37. The third-order valence-electron chi connectivity index (χ3n) is 2.24. The average molecular weight is 319 g/mol. The van der Waals surface area contributed by atoms with Crippen molar-refractivity contribution in [2.24, 2.45) is 0 Å². The van der Waals surface area contributed by atoms with E-state index in [0.717, 1.165) is 6.07 Å². The standard InChI is InChI=1S/C11H9BrF2N2O2/c1-18-10(17)3-6-2-7(11(13)14)8(4-12)16-9(6)5-15/h2,11H,3-4H2,1H3. The first-order valence-electron chi connectivity index (χ1n) is 4.87. The second-order valence-corrected chi connectivity index (χ2v) is 3.89. The van der Waals surface area contributed by atoms with Crippen molar-refractivity contribution in [1.29, 1.82) is 5.26 Å². The number of hydrogen-bond donors (Lipinski definition) is 0. The first-order chi connectivity index (χ1) is 8.53. The van der Waals surface area contributed by atoms with Gasteiger partial charge in [-0.1, -0.05) is 15.9 Å². The van der Waals surface area contributed by atoms with Crippen LogP contribution in [0.4, 0.5) is 8.78 Å². The van der Waals surface area contributed by atoms with E-state index < -0.39 is 12.4 Å². The Morgan fingerprint density at radius 1 is 1.67 bits per heavy atom. The maximum atomic E-state index is 12.8. The summed E-state index contributed by atoms with van der Waals surface area (Å²) in [5.74, 6) is -0.611. The maximum absolute atomic E-state index is 12.8. The fourth-order valence-corrected chi connectivity index (χ4v) is 1.82. The van der Waals surface area contributed by atoms with Crippen LogP contribution in [0.15, 0.2) is 6.07 Å². The molecule has 0 aliphatic rings. The molecule has 4 nitrogen and oxygen atoms in total. The Hall–Kier alpha value is -1.55. The lowest BCUT2D eigenvalue weighted by atomic mass is 10.1. The van der Waals surface area contributed by atoms with Gasteiger partial charge in [-0.3, -0.25) is 4.79 Å². The Kier molecular flexibility index (Phi) is 5.16. The van der Waals surface area contributed by atoms with Gasteiger partial charge in [-0.25, -0.2) is 13.8 Å². The maximum Gasteiger partial charge on any atom is 0.310 e. The highest BCUT2D eigenvalue weighted by molar-refractivity contribution is 9.08. The predicted molar refractivity (Wildman–Crippen MR) is 62.3 cm³/mol. The van der Waals surface area contributed by atoms with Crippen LogP contribution >= 0.6 is 15.9 Å². The monoisotopic (exact) mass is 318 g/mol. The lowest BCUT2D eigenvalue weighted by Gasteiger charge is -2.09. The fraction of sp³-hybridized carbons (Fsp3) is 0.364. The van der Waals surface area contributed by atoms with Gasteiger partial charge in [-0.15, -0.1) is 0 Å². The number of rotatable bonds is 4. The first kappa shape index (κ1) is 14.5. The lowest BCUT2D eigenvalue weighted by Crippen LogP contribution is -2.10. The predicted octanol–water partition coefficient (Wildman–Crippen LogP) is 2.50. The van der Waals surface area contributed by atoms with E-state index in [1.165, 1.54) is 7.11 Å². The molecule has 0 aromatic carbocycles. The van der Waals surface area contributed by atoms with Gasteiger partial charge in [0.25, 0.3) is 6.43 Å². The van der Waals surface area contributed by atoms with Gasteiger partial charge in [-0.2, -0.15) is 5.26 Å². The van der Waals surface area contributed by atoms with E-state index in [2.05, 4.69) is 25.7 Å². The Balaban J connectivity index is 3.28. The Morgan fingerprint density at radius 3 is 2.78 bits per heavy atom. The number of alkyl halides is 3. The summed E-state index contributed by atoms with van der Waals surface area (Å²) in [4.78, 5) is 15.0. The molecule has 96 valence electrons. The van der Waals surface area contributed by atoms with Crippen molar-refractivity contribution in [3.8, 4) is 6.07 Å². The highest BCUT2D eigenvalue weighted by atomic mass is 79.9. The smallest absolute Gasteiger partial charge is 0.310 e. The molecule has 1 heterocycles. The topological polar surface area (TPSA) is 63.0 Å². The number of methoxy groups -OCH3 is 1. The van der Waals surface area contributed by atoms with Crippen molar-refractivity contribution >= 4 is 21.9 Å². The highest BCUT2D eigenvalue weighted by Gasteiger charge is 2.19. The molecule has 0 radical (unpaired) electrons. The number of nitrogens with zero attached hydrogens (tertiary/aromatic N) is 2. The summed E-state index contributed by atoms with van der Waals surface area (Å²) in [7, 11) is 1.18. The van der Waals surface area contributed by atoms with Gasteiger partial charge in [0, 0.05) is 16.5 Å². The number of ether oxygens (including phenoxy) is 1. The quantitative estimate of drug-likeness (QED) is 0.632. The SMILES string of the molecule is COC(=O)Cc1cc(C(F)F)c(CBr)nc1C#N. The number of pyridine rings is 1. The summed E-state index contributed by atoms with van der Waals surface area (Å²) in [6, 6.07) is 2.91. The van der Waals surface area contributed by atoms with Gasteiger partial charge in [0.2, 0.25) is 0 Å². The molecule has 1 aromatic rings. The van der Waals surface area contributed by atoms with E-state index in [0.29, 0.717) is 0 Å². The average Bonchev–Trinajstić information content (AvgIpc) is 2.37. The number of esters is 1. The normalized spacial score (nSPS) is 10.2. The van der Waals surface area contributed by atoms with E-state index >= 15 is 0 Å². The largest absolute Gasteiger partial charge is 0.469 e. The van der Waals surface area contributed by atoms with Crippen molar-refractivity contribution < 1.29 is 18.3 Å². The van der Waals surface area contributed by atoms with E-state index in [9.17, 15) is 13.6 Å². The van der Waals surface area contributed by atoms with E-state index in [1.54, 1.807) is 6.07 Å². The molecule has 1 rings (SSSR count). The van der Waals surface area contributed by atoms with Crippen LogP contribution in [-0.2, 0) is 21.3 Å². The molecule has 18 heavy (non-hydrogen) atoms. The third kappa shape index (κ3) is 3.23. The Labute approximate surface area is 111 Å². The first-order valence-corrected chi connectivity index (χ1v) is 5.99. The van der Waals surface area contributed by atoms with Gasteiger partial charge in [0.1, 0.15) is 11.8 Å². The minimum Gasteiger partial charge on any atom is -0.469 e. The molecule has 0 unspecified atom stereocenters. The molecular formula is C11H9BrF2N2O2. The molecule has 1 aromatic heterocycles. The molecule has 0 fully saturated rings. The van der Waals surface area contributed by atoms with Crippen molar-refractivity contribution in [1.82, 2.24) is 4.98 Å². The van der Waals surface area contributed by atoms with Crippen molar-refractivity contribution in [2.45, 2.75) is 18.2 Å². The number of hydrogen-bond acceptors (Lipinski definition) is 4. The zero-order chi connectivity index (χ0) is 13.7. The van der Waals surface area contributed by atoms with Crippen LogP contribution in [0.5, 0.6) is 0 Å². The number of nitriles is 1. The van der Waals surface area contributed by atoms with E-state index in [1.807, 2.05) is 0 Å². The minimum absolute atomic E-state index is 0.0424. The second kappa shape index (κ2) is 6.40.